The number of nitrogens with zero attached hydrogens (tertiary/aromatic N) is 2. The first-order valence-corrected chi connectivity index (χ1v) is 8.68. The van der Waals surface area contributed by atoms with Crippen LogP contribution in [-0.2, 0) is 17.4 Å². The summed E-state index contributed by atoms with van der Waals surface area (Å²) >= 11 is 6.19. The first-order valence-electron chi connectivity index (χ1n) is 8.30. The van der Waals surface area contributed by atoms with Crippen molar-refractivity contribution in [2.24, 2.45) is 12.5 Å². The topological polar surface area (TPSA) is 44.1 Å². The van der Waals surface area contributed by atoms with Gasteiger partial charge in [-0.05, 0) is 36.8 Å². The second kappa shape index (κ2) is 4.85. The molecule has 2 aliphatic carbocycles. The first kappa shape index (κ1) is 15.7. The van der Waals surface area contributed by atoms with Gasteiger partial charge in [0.2, 0.25) is 0 Å². The fourth-order valence-electron chi connectivity index (χ4n) is 4.84. The third-order valence-corrected chi connectivity index (χ3v) is 6.58. The second-order valence-corrected chi connectivity index (χ2v) is 7.90. The fraction of sp³-hybridized carbons (Fsp3) is 0.474. The highest BCUT2D eigenvalue weighted by atomic mass is 35.5. The number of esters is 1. The van der Waals surface area contributed by atoms with Gasteiger partial charge in [-0.2, -0.15) is 5.10 Å². The molecule has 2 aromatic rings. The predicted molar refractivity (Wildman–Crippen MR) is 92.2 cm³/mol. The van der Waals surface area contributed by atoms with Crippen LogP contribution < -0.4 is 0 Å². The van der Waals surface area contributed by atoms with Gasteiger partial charge < -0.3 is 4.74 Å². The van der Waals surface area contributed by atoms with Crippen molar-refractivity contribution >= 4 is 17.6 Å². The molecular formula is C19H21ClN2O2. The van der Waals surface area contributed by atoms with Gasteiger partial charge in [0, 0.05) is 18.0 Å². The molecule has 24 heavy (non-hydrogen) atoms. The molecule has 1 aromatic heterocycles. The average molecular weight is 345 g/mol. The van der Waals surface area contributed by atoms with E-state index in [9.17, 15) is 4.79 Å². The lowest BCUT2D eigenvalue weighted by Gasteiger charge is -2.38. The number of aryl methyl sites for hydroxylation is 2. The highest BCUT2D eigenvalue weighted by Crippen LogP contribution is 2.69. The molecule has 1 fully saturated rings. The zero-order valence-corrected chi connectivity index (χ0v) is 15.1. The van der Waals surface area contributed by atoms with Crippen LogP contribution in [0.15, 0.2) is 24.4 Å². The molecule has 1 aromatic carbocycles. The van der Waals surface area contributed by atoms with Crippen molar-refractivity contribution in [1.29, 1.82) is 0 Å². The molecule has 1 heterocycles. The van der Waals surface area contributed by atoms with Crippen molar-refractivity contribution in [2.75, 3.05) is 0 Å². The van der Waals surface area contributed by atoms with E-state index < -0.39 is 11.6 Å². The molecule has 126 valence electrons. The molecular weight excluding hydrogens is 324 g/mol. The fourth-order valence-corrected chi connectivity index (χ4v) is 5.01. The minimum Gasteiger partial charge on any atom is -0.450 e. The van der Waals surface area contributed by atoms with Crippen LogP contribution in [0.1, 0.15) is 59.7 Å². The molecule has 0 aliphatic heterocycles. The molecule has 2 unspecified atom stereocenters. The van der Waals surface area contributed by atoms with Crippen molar-refractivity contribution < 1.29 is 9.53 Å². The van der Waals surface area contributed by atoms with Crippen LogP contribution in [0.5, 0.6) is 0 Å². The van der Waals surface area contributed by atoms with Crippen LogP contribution in [0.4, 0.5) is 0 Å². The molecule has 2 atom stereocenters. The molecule has 2 bridgehead atoms. The zero-order chi connectivity index (χ0) is 17.3. The Bertz CT molecular complexity index is 855. The summed E-state index contributed by atoms with van der Waals surface area (Å²) in [6.45, 7) is 6.52. The van der Waals surface area contributed by atoms with Crippen LogP contribution in [0.2, 0.25) is 5.15 Å². The molecule has 4 rings (SSSR count). The Labute approximate surface area is 146 Å². The van der Waals surface area contributed by atoms with E-state index in [1.54, 1.807) is 7.05 Å². The Morgan fingerprint density at radius 2 is 2.17 bits per heavy atom. The molecule has 5 heteroatoms. The summed E-state index contributed by atoms with van der Waals surface area (Å²) in [6, 6.07) is 6.38. The van der Waals surface area contributed by atoms with Crippen LogP contribution in [0.25, 0.3) is 0 Å². The van der Waals surface area contributed by atoms with Crippen LogP contribution in [-0.4, -0.2) is 15.7 Å². The molecule has 4 nitrogen and oxygen atoms in total. The summed E-state index contributed by atoms with van der Waals surface area (Å²) in [6.07, 6.45) is 3.37. The number of fused-ring (bicyclic) bond motifs is 5. The lowest BCUT2D eigenvalue weighted by molar-refractivity contribution is -0.0685. The SMILES string of the molecule is Cc1cccc2c1C1(OC(=O)c3cnn(C)c3Cl)CCC2C1(C)C. The van der Waals surface area contributed by atoms with Gasteiger partial charge in [0.25, 0.3) is 0 Å². The molecule has 0 N–H and O–H groups in total. The van der Waals surface area contributed by atoms with E-state index in [1.807, 2.05) is 0 Å². The zero-order valence-electron chi connectivity index (χ0n) is 14.4. The third kappa shape index (κ3) is 1.75. The standard InChI is InChI=1S/C19H21ClN2O2/c1-11-6-5-7-12-14-8-9-19(15(11)12,18(14,2)3)24-17(23)13-10-21-22(4)16(13)20/h5-7,10,14H,8-9H2,1-4H3. The molecule has 0 spiro atoms. The van der Waals surface area contributed by atoms with Crippen molar-refractivity contribution in [1.82, 2.24) is 9.78 Å². The number of aromatic nitrogens is 2. The predicted octanol–water partition coefficient (Wildman–Crippen LogP) is 4.35. The van der Waals surface area contributed by atoms with Crippen molar-refractivity contribution in [3.05, 3.63) is 51.8 Å². The monoisotopic (exact) mass is 344 g/mol. The summed E-state index contributed by atoms with van der Waals surface area (Å²) in [5.41, 5.74) is 3.32. The maximum absolute atomic E-state index is 12.9. The Morgan fingerprint density at radius 1 is 1.42 bits per heavy atom. The van der Waals surface area contributed by atoms with E-state index in [-0.39, 0.29) is 5.41 Å². The lowest BCUT2D eigenvalue weighted by atomic mass is 9.76. The first-order chi connectivity index (χ1) is 11.3. The average Bonchev–Trinajstić information content (AvgIpc) is 3.04. The normalized spacial score (nSPS) is 26.5. The number of carbonyl (C=O) groups is 1. The van der Waals surface area contributed by atoms with E-state index in [0.717, 1.165) is 12.8 Å². The largest absolute Gasteiger partial charge is 0.450 e. The van der Waals surface area contributed by atoms with Gasteiger partial charge in [-0.15, -0.1) is 0 Å². The van der Waals surface area contributed by atoms with Crippen LogP contribution >= 0.6 is 11.6 Å². The van der Waals surface area contributed by atoms with Crippen molar-refractivity contribution in [2.45, 2.75) is 45.1 Å². The number of rotatable bonds is 2. The van der Waals surface area contributed by atoms with Gasteiger partial charge in [-0.1, -0.05) is 43.6 Å². The maximum atomic E-state index is 12.9. The van der Waals surface area contributed by atoms with Crippen molar-refractivity contribution in [3.8, 4) is 0 Å². The molecule has 0 saturated heterocycles. The van der Waals surface area contributed by atoms with Crippen LogP contribution in [0.3, 0.4) is 0 Å². The van der Waals surface area contributed by atoms with Gasteiger partial charge in [-0.25, -0.2) is 4.79 Å². The smallest absolute Gasteiger partial charge is 0.343 e. The lowest BCUT2D eigenvalue weighted by Crippen LogP contribution is -2.40. The van der Waals surface area contributed by atoms with E-state index in [4.69, 9.17) is 16.3 Å². The number of hydrogen-bond acceptors (Lipinski definition) is 3. The summed E-state index contributed by atoms with van der Waals surface area (Å²) < 4.78 is 7.69. The number of benzene rings is 1. The number of hydrogen-bond donors (Lipinski definition) is 0. The Morgan fingerprint density at radius 3 is 2.83 bits per heavy atom. The summed E-state index contributed by atoms with van der Waals surface area (Å²) in [7, 11) is 1.71. The van der Waals surface area contributed by atoms with Gasteiger partial charge in [0.15, 0.2) is 0 Å². The van der Waals surface area contributed by atoms with E-state index >= 15 is 0 Å². The number of halogens is 1. The van der Waals surface area contributed by atoms with Crippen molar-refractivity contribution in [3.63, 3.8) is 0 Å². The summed E-state index contributed by atoms with van der Waals surface area (Å²) in [5, 5.41) is 4.36. The van der Waals surface area contributed by atoms with E-state index in [2.05, 4.69) is 44.1 Å². The summed E-state index contributed by atoms with van der Waals surface area (Å²) in [5.74, 6) is 0.0301. The minimum atomic E-state index is -0.589. The Kier molecular flexibility index (Phi) is 3.17. The quantitative estimate of drug-likeness (QED) is 0.761. The Balaban J connectivity index is 1.82. The highest BCUT2D eigenvalue weighted by molar-refractivity contribution is 6.32. The maximum Gasteiger partial charge on any atom is 0.343 e. The minimum absolute atomic E-state index is 0.133. The van der Waals surface area contributed by atoms with E-state index in [1.165, 1.54) is 27.6 Å². The van der Waals surface area contributed by atoms with Gasteiger partial charge in [0.1, 0.15) is 16.3 Å². The van der Waals surface area contributed by atoms with E-state index in [0.29, 0.717) is 16.6 Å². The van der Waals surface area contributed by atoms with Crippen LogP contribution in [0, 0.1) is 12.3 Å². The van der Waals surface area contributed by atoms with Gasteiger partial charge in [-0.3, -0.25) is 4.68 Å². The second-order valence-electron chi connectivity index (χ2n) is 7.54. The Hall–Kier alpha value is -1.81. The molecule has 0 amide bonds. The highest BCUT2D eigenvalue weighted by Gasteiger charge is 2.65. The molecule has 2 aliphatic rings. The molecule has 1 saturated carbocycles. The van der Waals surface area contributed by atoms with Gasteiger partial charge in [0.05, 0.1) is 6.20 Å². The number of carbonyl (C=O) groups excluding carboxylic acids is 1. The number of ether oxygens (including phenoxy) is 1. The molecule has 0 radical (unpaired) electrons. The third-order valence-electron chi connectivity index (χ3n) is 6.13. The van der Waals surface area contributed by atoms with Gasteiger partial charge >= 0.3 is 5.97 Å². The summed E-state index contributed by atoms with van der Waals surface area (Å²) in [4.78, 5) is 12.9.